The number of carbonyl (C=O) groups is 2. The van der Waals surface area contributed by atoms with Gasteiger partial charge in [0.1, 0.15) is 17.7 Å². The molecule has 0 fully saturated rings. The van der Waals surface area contributed by atoms with Crippen LogP contribution < -0.4 is 15.4 Å². The number of amides is 2. The molecule has 2 amide bonds. The van der Waals surface area contributed by atoms with Gasteiger partial charge in [0.25, 0.3) is 5.91 Å². The third-order valence-corrected chi connectivity index (χ3v) is 5.49. The predicted molar refractivity (Wildman–Crippen MR) is 134 cm³/mol. The lowest BCUT2D eigenvalue weighted by molar-refractivity contribution is -0.274. The van der Waals surface area contributed by atoms with E-state index in [0.29, 0.717) is 11.1 Å². The molecule has 4 rings (SSSR count). The maximum atomic E-state index is 14.6. The summed E-state index contributed by atoms with van der Waals surface area (Å²) in [7, 11) is 0. The van der Waals surface area contributed by atoms with E-state index in [1.54, 1.807) is 12.1 Å². The standard InChI is InChI=1S/C25H24F4N8O4/c26-18(13-37-14-21(32-34-37)24(40)30-12-17-4-1-5-19(38)9-17)7-8-36-15-22(33-35-36)31-23(39)11-16-3-2-6-20(10-16)41-25(27,28)29/h1-6,9-10,14-15,18,38H,7-8,11-13H2,(H,30,40)(H,31,39). The van der Waals surface area contributed by atoms with Crippen LogP contribution in [-0.2, 0) is 30.8 Å². The van der Waals surface area contributed by atoms with Gasteiger partial charge in [-0.1, -0.05) is 34.7 Å². The fourth-order valence-electron chi connectivity index (χ4n) is 3.69. The molecule has 0 aliphatic carbocycles. The number of hydrogen-bond donors (Lipinski definition) is 3. The number of nitrogens with zero attached hydrogens (tertiary/aromatic N) is 6. The van der Waals surface area contributed by atoms with E-state index in [4.69, 9.17) is 0 Å². The largest absolute Gasteiger partial charge is 0.573 e. The van der Waals surface area contributed by atoms with E-state index in [9.17, 15) is 32.3 Å². The third-order valence-electron chi connectivity index (χ3n) is 5.49. The normalized spacial score (nSPS) is 12.1. The van der Waals surface area contributed by atoms with Gasteiger partial charge < -0.3 is 20.5 Å². The van der Waals surface area contributed by atoms with Crippen molar-refractivity contribution >= 4 is 17.6 Å². The highest BCUT2D eigenvalue weighted by Gasteiger charge is 2.31. The molecule has 12 nitrogen and oxygen atoms in total. The monoisotopic (exact) mass is 576 g/mol. The Labute approximate surface area is 229 Å². The maximum absolute atomic E-state index is 14.6. The van der Waals surface area contributed by atoms with Gasteiger partial charge in [0, 0.05) is 19.5 Å². The van der Waals surface area contributed by atoms with Crippen LogP contribution >= 0.6 is 0 Å². The molecule has 0 spiro atoms. The van der Waals surface area contributed by atoms with Gasteiger partial charge in [0.05, 0.1) is 25.4 Å². The number of aromatic nitrogens is 6. The van der Waals surface area contributed by atoms with Crippen LogP contribution in [0.2, 0.25) is 0 Å². The SMILES string of the molecule is O=C(Cc1cccc(OC(F)(F)F)c1)Nc1cn(CCC(F)Cn2cc(C(=O)NCc3cccc(O)c3)nn2)nn1. The first-order valence-corrected chi connectivity index (χ1v) is 12.2. The number of phenolic OH excluding ortho intramolecular Hbond substituents is 1. The van der Waals surface area contributed by atoms with Crippen LogP contribution in [0.25, 0.3) is 0 Å². The molecule has 0 saturated carbocycles. The number of alkyl halides is 4. The first-order valence-electron chi connectivity index (χ1n) is 12.2. The maximum Gasteiger partial charge on any atom is 0.573 e. The average molecular weight is 577 g/mol. The van der Waals surface area contributed by atoms with Crippen LogP contribution in [0.15, 0.2) is 60.9 Å². The number of halogens is 4. The van der Waals surface area contributed by atoms with Gasteiger partial charge in [-0.05, 0) is 35.4 Å². The molecular weight excluding hydrogens is 552 g/mol. The number of anilines is 1. The van der Waals surface area contributed by atoms with Crippen molar-refractivity contribution in [2.45, 2.75) is 45.0 Å². The van der Waals surface area contributed by atoms with Gasteiger partial charge in [-0.3, -0.25) is 14.3 Å². The number of carbonyl (C=O) groups excluding carboxylic acids is 2. The van der Waals surface area contributed by atoms with Gasteiger partial charge in [0.15, 0.2) is 11.5 Å². The highest BCUT2D eigenvalue weighted by molar-refractivity contribution is 5.92. The number of ether oxygens (including phenoxy) is 1. The number of nitrogens with one attached hydrogen (secondary N) is 2. The number of aromatic hydroxyl groups is 1. The Balaban J connectivity index is 1.20. The van der Waals surface area contributed by atoms with E-state index in [0.717, 1.165) is 12.1 Å². The van der Waals surface area contributed by atoms with Crippen molar-refractivity contribution in [2.24, 2.45) is 0 Å². The van der Waals surface area contributed by atoms with E-state index < -0.39 is 30.1 Å². The molecule has 0 radical (unpaired) electrons. The summed E-state index contributed by atoms with van der Waals surface area (Å²) in [6.45, 7) is 0.116. The van der Waals surface area contributed by atoms with Crippen LogP contribution in [-0.4, -0.2) is 59.4 Å². The summed E-state index contributed by atoms with van der Waals surface area (Å²) in [6, 6.07) is 11.4. The number of hydrogen-bond acceptors (Lipinski definition) is 8. The highest BCUT2D eigenvalue weighted by atomic mass is 19.4. The molecule has 0 saturated heterocycles. The summed E-state index contributed by atoms with van der Waals surface area (Å²) in [5.74, 6) is -1.32. The van der Waals surface area contributed by atoms with Crippen molar-refractivity contribution in [3.8, 4) is 11.5 Å². The van der Waals surface area contributed by atoms with Crippen molar-refractivity contribution in [3.63, 3.8) is 0 Å². The summed E-state index contributed by atoms with van der Waals surface area (Å²) >= 11 is 0. The first kappa shape index (κ1) is 29.0. The zero-order valence-corrected chi connectivity index (χ0v) is 21.3. The Morgan fingerprint density at radius 2 is 1.76 bits per heavy atom. The highest BCUT2D eigenvalue weighted by Crippen LogP contribution is 2.23. The van der Waals surface area contributed by atoms with Gasteiger partial charge in [-0.2, -0.15) is 0 Å². The molecule has 2 aromatic carbocycles. The number of benzene rings is 2. The first-order chi connectivity index (χ1) is 19.5. The zero-order valence-electron chi connectivity index (χ0n) is 21.3. The molecule has 0 bridgehead atoms. The van der Waals surface area contributed by atoms with Gasteiger partial charge in [-0.25, -0.2) is 9.07 Å². The molecule has 16 heteroatoms. The van der Waals surface area contributed by atoms with Gasteiger partial charge in [0.2, 0.25) is 5.91 Å². The summed E-state index contributed by atoms with van der Waals surface area (Å²) in [5, 5.41) is 29.8. The van der Waals surface area contributed by atoms with Crippen LogP contribution in [0.3, 0.4) is 0 Å². The van der Waals surface area contributed by atoms with Crippen LogP contribution in [0.5, 0.6) is 11.5 Å². The van der Waals surface area contributed by atoms with Crippen LogP contribution in [0, 0.1) is 0 Å². The molecule has 0 aliphatic rings. The van der Waals surface area contributed by atoms with Gasteiger partial charge >= 0.3 is 6.36 Å². The Kier molecular flexibility index (Phi) is 9.11. The Morgan fingerprint density at radius 3 is 2.54 bits per heavy atom. The molecule has 1 atom stereocenters. The molecule has 2 heterocycles. The second-order valence-electron chi connectivity index (χ2n) is 8.85. The zero-order chi connectivity index (χ0) is 29.4. The van der Waals surface area contributed by atoms with Crippen LogP contribution in [0.4, 0.5) is 23.4 Å². The van der Waals surface area contributed by atoms with E-state index in [1.807, 2.05) is 0 Å². The second kappa shape index (κ2) is 12.9. The minimum atomic E-state index is -4.84. The number of rotatable bonds is 12. The Bertz CT molecular complexity index is 1490. The topological polar surface area (TPSA) is 149 Å². The summed E-state index contributed by atoms with van der Waals surface area (Å²) < 4.78 is 58.1. The summed E-state index contributed by atoms with van der Waals surface area (Å²) in [5.41, 5.74) is 0.992. The van der Waals surface area contributed by atoms with E-state index >= 15 is 0 Å². The van der Waals surface area contributed by atoms with Gasteiger partial charge in [-0.15, -0.1) is 23.4 Å². The number of phenols is 1. The van der Waals surface area contributed by atoms with Crippen LogP contribution in [0.1, 0.15) is 28.0 Å². The molecule has 2 aromatic heterocycles. The molecule has 0 aliphatic heterocycles. The fourth-order valence-corrected chi connectivity index (χ4v) is 3.69. The summed E-state index contributed by atoms with van der Waals surface area (Å²) in [4.78, 5) is 24.5. The molecule has 1 unspecified atom stereocenters. The minimum absolute atomic E-state index is 0.00798. The van der Waals surface area contributed by atoms with Crippen molar-refractivity contribution in [3.05, 3.63) is 77.7 Å². The average Bonchev–Trinajstić information content (AvgIpc) is 3.55. The molecule has 41 heavy (non-hydrogen) atoms. The van der Waals surface area contributed by atoms with Crippen molar-refractivity contribution < 1.29 is 37.0 Å². The Morgan fingerprint density at radius 1 is 1.00 bits per heavy atom. The number of aryl methyl sites for hydroxylation is 1. The lowest BCUT2D eigenvalue weighted by Crippen LogP contribution is -2.23. The van der Waals surface area contributed by atoms with E-state index in [1.165, 1.54) is 46.0 Å². The third kappa shape index (κ3) is 9.29. The molecule has 3 N–H and O–H groups in total. The fraction of sp³-hybridized carbons (Fsp3) is 0.280. The van der Waals surface area contributed by atoms with E-state index in [2.05, 4.69) is 36.0 Å². The van der Waals surface area contributed by atoms with E-state index in [-0.39, 0.29) is 49.7 Å². The molecule has 4 aromatic rings. The smallest absolute Gasteiger partial charge is 0.508 e. The molecular formula is C25H24F4N8O4. The van der Waals surface area contributed by atoms with Crippen molar-refractivity contribution in [2.75, 3.05) is 5.32 Å². The lowest BCUT2D eigenvalue weighted by Gasteiger charge is -2.09. The second-order valence-corrected chi connectivity index (χ2v) is 8.85. The van der Waals surface area contributed by atoms with Crippen molar-refractivity contribution in [1.29, 1.82) is 0 Å². The molecule has 216 valence electrons. The Hall–Kier alpha value is -5.02. The van der Waals surface area contributed by atoms with Crippen molar-refractivity contribution in [1.82, 2.24) is 35.3 Å². The summed E-state index contributed by atoms with van der Waals surface area (Å²) in [6.07, 6.45) is -3.73. The lowest BCUT2D eigenvalue weighted by atomic mass is 10.1. The minimum Gasteiger partial charge on any atom is -0.508 e. The predicted octanol–water partition coefficient (Wildman–Crippen LogP) is 3.01. The quantitative estimate of drug-likeness (QED) is 0.218.